The summed E-state index contributed by atoms with van der Waals surface area (Å²) in [5.41, 5.74) is 0.334. The van der Waals surface area contributed by atoms with Crippen molar-refractivity contribution in [1.82, 2.24) is 4.90 Å². The number of methoxy groups -OCH3 is 1. The van der Waals surface area contributed by atoms with Crippen molar-refractivity contribution in [2.75, 3.05) is 7.11 Å². The van der Waals surface area contributed by atoms with Crippen LogP contribution in [-0.4, -0.2) is 58.3 Å². The van der Waals surface area contributed by atoms with Gasteiger partial charge in [-0.05, 0) is 18.9 Å². The number of hydrogen-bond acceptors (Lipinski definition) is 5. The second-order valence-electron chi connectivity index (χ2n) is 4.77. The summed E-state index contributed by atoms with van der Waals surface area (Å²) in [6, 6.07) is -1.49. The summed E-state index contributed by atoms with van der Waals surface area (Å²) in [6.45, 7) is 1.50. The number of amides is 1. The molecular weight excluding hydrogens is 254 g/mol. The van der Waals surface area contributed by atoms with E-state index in [0.717, 1.165) is 6.08 Å². The average Bonchev–Trinajstić information content (AvgIpc) is 2.63. The van der Waals surface area contributed by atoms with E-state index in [2.05, 4.69) is 4.74 Å². The van der Waals surface area contributed by atoms with Gasteiger partial charge in [-0.1, -0.05) is 0 Å². The number of hydrogen-bond donors (Lipinski definition) is 2. The Labute approximate surface area is 109 Å². The standard InChI is InChI=1S/C12H15NO6/c1-5(14)9-7-3-6(4-8(15)19-2)10(12(17)18)13(7)11(9)16/h4-5,7,9-10,14H,3H2,1-2H3,(H,17,18)/b6-4+/t5-,7-,9-,10-/m1/s1. The highest BCUT2D eigenvalue weighted by Gasteiger charge is 2.59. The summed E-state index contributed by atoms with van der Waals surface area (Å²) in [7, 11) is 1.20. The number of aliphatic hydroxyl groups excluding tert-OH is 1. The highest BCUT2D eigenvalue weighted by molar-refractivity contribution is 5.96. The molecule has 7 heteroatoms. The van der Waals surface area contributed by atoms with Crippen LogP contribution >= 0.6 is 0 Å². The number of aliphatic carboxylic acids is 1. The van der Waals surface area contributed by atoms with Gasteiger partial charge >= 0.3 is 11.9 Å². The normalized spacial score (nSPS) is 32.8. The number of carbonyl (C=O) groups excluding carboxylic acids is 2. The topological polar surface area (TPSA) is 104 Å². The first-order valence-corrected chi connectivity index (χ1v) is 5.90. The molecule has 2 rings (SSSR count). The molecule has 0 aromatic rings. The van der Waals surface area contributed by atoms with Gasteiger partial charge < -0.3 is 19.8 Å². The summed E-state index contributed by atoms with van der Waals surface area (Å²) in [4.78, 5) is 35.5. The Morgan fingerprint density at radius 1 is 1.53 bits per heavy atom. The van der Waals surface area contributed by atoms with Crippen LogP contribution in [0.25, 0.3) is 0 Å². The molecule has 2 aliphatic heterocycles. The number of carboxylic acids is 1. The Morgan fingerprint density at radius 2 is 2.16 bits per heavy atom. The molecule has 1 amide bonds. The van der Waals surface area contributed by atoms with Gasteiger partial charge in [0.05, 0.1) is 25.2 Å². The van der Waals surface area contributed by atoms with Crippen LogP contribution in [0.15, 0.2) is 11.6 Å². The molecule has 0 spiro atoms. The van der Waals surface area contributed by atoms with Crippen LogP contribution in [-0.2, 0) is 19.1 Å². The third-order valence-corrected chi connectivity index (χ3v) is 3.64. The molecule has 0 saturated carbocycles. The fourth-order valence-corrected chi connectivity index (χ4v) is 2.82. The number of carbonyl (C=O) groups is 3. The maximum Gasteiger partial charge on any atom is 0.330 e. The summed E-state index contributed by atoms with van der Waals surface area (Å²) < 4.78 is 4.47. The first-order valence-electron chi connectivity index (χ1n) is 5.90. The van der Waals surface area contributed by atoms with Crippen LogP contribution in [0.4, 0.5) is 0 Å². The van der Waals surface area contributed by atoms with Crippen molar-refractivity contribution >= 4 is 17.8 Å². The van der Waals surface area contributed by atoms with Gasteiger partial charge in [0.25, 0.3) is 0 Å². The van der Waals surface area contributed by atoms with Crippen LogP contribution in [0.1, 0.15) is 13.3 Å². The molecule has 0 aromatic carbocycles. The van der Waals surface area contributed by atoms with E-state index >= 15 is 0 Å². The molecule has 0 bridgehead atoms. The largest absolute Gasteiger partial charge is 0.479 e. The van der Waals surface area contributed by atoms with Gasteiger partial charge in [-0.3, -0.25) is 4.79 Å². The Morgan fingerprint density at radius 3 is 2.63 bits per heavy atom. The average molecular weight is 269 g/mol. The molecule has 0 radical (unpaired) electrons. The van der Waals surface area contributed by atoms with E-state index in [-0.39, 0.29) is 18.4 Å². The van der Waals surface area contributed by atoms with Crippen LogP contribution in [0, 0.1) is 5.92 Å². The molecule has 104 valence electrons. The predicted molar refractivity (Wildman–Crippen MR) is 61.9 cm³/mol. The predicted octanol–water partition coefficient (Wildman–Crippen LogP) is -0.849. The molecule has 0 aliphatic carbocycles. The van der Waals surface area contributed by atoms with Gasteiger partial charge in [-0.15, -0.1) is 0 Å². The van der Waals surface area contributed by atoms with Crippen molar-refractivity contribution in [3.05, 3.63) is 11.6 Å². The van der Waals surface area contributed by atoms with Crippen molar-refractivity contribution in [2.45, 2.75) is 31.5 Å². The third-order valence-electron chi connectivity index (χ3n) is 3.64. The van der Waals surface area contributed by atoms with Crippen molar-refractivity contribution in [3.63, 3.8) is 0 Å². The van der Waals surface area contributed by atoms with Crippen LogP contribution < -0.4 is 0 Å². The molecule has 2 heterocycles. The molecule has 0 aromatic heterocycles. The van der Waals surface area contributed by atoms with E-state index in [9.17, 15) is 24.6 Å². The van der Waals surface area contributed by atoms with Gasteiger partial charge in [0.1, 0.15) is 0 Å². The molecule has 0 unspecified atom stereocenters. The van der Waals surface area contributed by atoms with E-state index in [0.29, 0.717) is 5.57 Å². The maximum atomic E-state index is 11.9. The van der Waals surface area contributed by atoms with E-state index in [4.69, 9.17) is 0 Å². The minimum absolute atomic E-state index is 0.271. The zero-order chi connectivity index (χ0) is 14.3. The quantitative estimate of drug-likeness (QED) is 0.393. The summed E-state index contributed by atoms with van der Waals surface area (Å²) in [5, 5.41) is 18.7. The van der Waals surface area contributed by atoms with Crippen LogP contribution in [0.2, 0.25) is 0 Å². The molecule has 4 atom stereocenters. The number of esters is 1. The van der Waals surface area contributed by atoms with Gasteiger partial charge in [-0.25, -0.2) is 9.59 Å². The van der Waals surface area contributed by atoms with Crippen LogP contribution in [0.5, 0.6) is 0 Å². The molecule has 2 N–H and O–H groups in total. The minimum Gasteiger partial charge on any atom is -0.479 e. The number of β-lactam (4-membered cyclic amide) rings is 1. The first-order chi connectivity index (χ1) is 8.88. The molecule has 7 nitrogen and oxygen atoms in total. The highest BCUT2D eigenvalue weighted by atomic mass is 16.5. The molecule has 19 heavy (non-hydrogen) atoms. The first kappa shape index (κ1) is 13.5. The number of nitrogens with zero attached hydrogens (tertiary/aromatic N) is 1. The second kappa shape index (κ2) is 4.65. The van der Waals surface area contributed by atoms with Crippen molar-refractivity contribution < 1.29 is 29.3 Å². The Kier molecular flexibility index (Phi) is 3.32. The number of ether oxygens (including phenoxy) is 1. The van der Waals surface area contributed by atoms with Crippen molar-refractivity contribution in [1.29, 1.82) is 0 Å². The van der Waals surface area contributed by atoms with Gasteiger partial charge in [-0.2, -0.15) is 0 Å². The minimum atomic E-state index is -1.19. The van der Waals surface area contributed by atoms with E-state index < -0.39 is 30.0 Å². The number of carboxylic acid groups (broad SMARTS) is 1. The maximum absolute atomic E-state index is 11.9. The SMILES string of the molecule is COC(=O)/C=C1\C[C@@H]2[C@@H]([C@@H](C)O)C(=O)N2[C@H]1C(=O)O. The molecule has 2 saturated heterocycles. The lowest BCUT2D eigenvalue weighted by Gasteiger charge is -2.45. The fraction of sp³-hybridized carbons (Fsp3) is 0.583. The second-order valence-corrected chi connectivity index (χ2v) is 4.77. The molecule has 2 aliphatic rings. The molecular formula is C12H15NO6. The molecule has 2 fully saturated rings. The van der Waals surface area contributed by atoms with Crippen molar-refractivity contribution in [2.24, 2.45) is 5.92 Å². The Balaban J connectivity index is 2.30. The van der Waals surface area contributed by atoms with E-state index in [1.807, 2.05) is 0 Å². The monoisotopic (exact) mass is 269 g/mol. The van der Waals surface area contributed by atoms with Gasteiger partial charge in [0, 0.05) is 6.08 Å². The summed E-state index contributed by atoms with van der Waals surface area (Å²) in [5.74, 6) is -2.81. The fourth-order valence-electron chi connectivity index (χ4n) is 2.82. The summed E-state index contributed by atoms with van der Waals surface area (Å²) >= 11 is 0. The van der Waals surface area contributed by atoms with Crippen LogP contribution in [0.3, 0.4) is 0 Å². The smallest absolute Gasteiger partial charge is 0.330 e. The summed E-state index contributed by atoms with van der Waals surface area (Å²) in [6.07, 6.45) is 0.553. The van der Waals surface area contributed by atoms with Gasteiger partial charge in [0.15, 0.2) is 6.04 Å². The lowest BCUT2D eigenvalue weighted by Crippen LogP contribution is -2.64. The van der Waals surface area contributed by atoms with Gasteiger partial charge in [0.2, 0.25) is 5.91 Å². The lowest BCUT2D eigenvalue weighted by atomic mass is 9.84. The lowest BCUT2D eigenvalue weighted by molar-refractivity contribution is -0.169. The van der Waals surface area contributed by atoms with E-state index in [1.54, 1.807) is 0 Å². The Bertz CT molecular complexity index is 469. The third kappa shape index (κ3) is 1.99. The Hall–Kier alpha value is -1.89. The zero-order valence-electron chi connectivity index (χ0n) is 10.6. The highest BCUT2D eigenvalue weighted by Crippen LogP contribution is 2.43. The number of fused-ring (bicyclic) bond motifs is 1. The van der Waals surface area contributed by atoms with E-state index in [1.165, 1.54) is 18.9 Å². The number of aliphatic hydroxyl groups is 1. The number of rotatable bonds is 3. The zero-order valence-corrected chi connectivity index (χ0v) is 10.6. The van der Waals surface area contributed by atoms with Crippen molar-refractivity contribution in [3.8, 4) is 0 Å².